The van der Waals surface area contributed by atoms with Gasteiger partial charge >= 0.3 is 0 Å². The zero-order valence-corrected chi connectivity index (χ0v) is 13.0. The van der Waals surface area contributed by atoms with Crippen LogP contribution in [-0.4, -0.2) is 33.4 Å². The van der Waals surface area contributed by atoms with Gasteiger partial charge in [-0.15, -0.1) is 0 Å². The van der Waals surface area contributed by atoms with Crippen molar-refractivity contribution in [2.75, 3.05) is 6.54 Å². The van der Waals surface area contributed by atoms with E-state index in [9.17, 15) is 18.7 Å². The molecule has 124 valence electrons. The Labute approximate surface area is 132 Å². The van der Waals surface area contributed by atoms with E-state index in [2.05, 4.69) is 10.4 Å². The van der Waals surface area contributed by atoms with Crippen LogP contribution in [0, 0.1) is 17.6 Å². The lowest BCUT2D eigenvalue weighted by molar-refractivity contribution is 0.0900. The highest BCUT2D eigenvalue weighted by molar-refractivity contribution is 5.93. The molecule has 0 saturated carbocycles. The van der Waals surface area contributed by atoms with Gasteiger partial charge < -0.3 is 10.4 Å². The number of aliphatic hydroxyl groups is 1. The molecular formula is C16H19F2N3O2. The molecule has 1 atom stereocenters. The molecule has 0 radical (unpaired) electrons. The highest BCUT2D eigenvalue weighted by Crippen LogP contribution is 2.14. The quantitative estimate of drug-likeness (QED) is 0.857. The fraction of sp³-hybridized carbons (Fsp3) is 0.375. The summed E-state index contributed by atoms with van der Waals surface area (Å²) in [6.07, 6.45) is 2.59. The summed E-state index contributed by atoms with van der Waals surface area (Å²) in [6, 6.07) is 3.10. The van der Waals surface area contributed by atoms with E-state index in [1.165, 1.54) is 18.5 Å². The average Bonchev–Trinajstić information content (AvgIpc) is 2.93. The van der Waals surface area contributed by atoms with Crippen molar-refractivity contribution >= 4 is 5.91 Å². The van der Waals surface area contributed by atoms with Gasteiger partial charge in [-0.25, -0.2) is 13.5 Å². The number of aromatic nitrogens is 2. The van der Waals surface area contributed by atoms with Gasteiger partial charge in [0.15, 0.2) is 5.82 Å². The monoisotopic (exact) mass is 323 g/mol. The fourth-order valence-electron chi connectivity index (χ4n) is 2.18. The van der Waals surface area contributed by atoms with Crippen molar-refractivity contribution in [2.45, 2.75) is 26.4 Å². The SMILES string of the molecule is CC(C)CC(O)CNC(=O)c1cnn(-c2ccc(F)cc2F)c1. The van der Waals surface area contributed by atoms with Gasteiger partial charge in [0, 0.05) is 18.8 Å². The minimum absolute atomic E-state index is 0.0466. The topological polar surface area (TPSA) is 67.2 Å². The molecule has 2 aromatic rings. The van der Waals surface area contributed by atoms with Crippen LogP contribution in [-0.2, 0) is 0 Å². The number of nitrogens with zero attached hydrogens (tertiary/aromatic N) is 2. The lowest BCUT2D eigenvalue weighted by Crippen LogP contribution is -2.32. The van der Waals surface area contributed by atoms with E-state index in [1.54, 1.807) is 0 Å². The summed E-state index contributed by atoms with van der Waals surface area (Å²) in [5.74, 6) is -1.55. The molecule has 1 unspecified atom stereocenters. The number of nitrogens with one attached hydrogen (secondary N) is 1. The second-order valence-electron chi connectivity index (χ2n) is 5.76. The van der Waals surface area contributed by atoms with Crippen LogP contribution in [0.1, 0.15) is 30.6 Å². The molecule has 0 saturated heterocycles. The summed E-state index contributed by atoms with van der Waals surface area (Å²) < 4.78 is 27.8. The molecule has 1 aromatic heterocycles. The van der Waals surface area contributed by atoms with Crippen molar-refractivity contribution in [3.63, 3.8) is 0 Å². The van der Waals surface area contributed by atoms with Gasteiger partial charge in [-0.05, 0) is 24.5 Å². The van der Waals surface area contributed by atoms with Crippen LogP contribution in [0.2, 0.25) is 0 Å². The van der Waals surface area contributed by atoms with Crippen molar-refractivity contribution < 1.29 is 18.7 Å². The highest BCUT2D eigenvalue weighted by Gasteiger charge is 2.14. The second-order valence-corrected chi connectivity index (χ2v) is 5.76. The zero-order valence-electron chi connectivity index (χ0n) is 13.0. The van der Waals surface area contributed by atoms with Crippen LogP contribution in [0.3, 0.4) is 0 Å². The molecule has 2 N–H and O–H groups in total. The van der Waals surface area contributed by atoms with Crippen LogP contribution in [0.25, 0.3) is 5.69 Å². The summed E-state index contributed by atoms with van der Waals surface area (Å²) in [5.41, 5.74) is 0.274. The average molecular weight is 323 g/mol. The Morgan fingerprint density at radius 2 is 2.13 bits per heavy atom. The van der Waals surface area contributed by atoms with Crippen LogP contribution >= 0.6 is 0 Å². The molecule has 0 bridgehead atoms. The van der Waals surface area contributed by atoms with Gasteiger partial charge in [0.2, 0.25) is 0 Å². The third-order valence-corrected chi connectivity index (χ3v) is 3.24. The number of amides is 1. The van der Waals surface area contributed by atoms with Gasteiger partial charge in [0.05, 0.1) is 17.9 Å². The summed E-state index contributed by atoms with van der Waals surface area (Å²) in [4.78, 5) is 12.0. The van der Waals surface area contributed by atoms with Crippen LogP contribution in [0.15, 0.2) is 30.6 Å². The Kier molecular flexibility index (Phi) is 5.44. The van der Waals surface area contributed by atoms with E-state index in [0.717, 1.165) is 16.8 Å². The summed E-state index contributed by atoms with van der Waals surface area (Å²) in [7, 11) is 0. The summed E-state index contributed by atoms with van der Waals surface area (Å²) in [6.45, 7) is 4.09. The molecule has 23 heavy (non-hydrogen) atoms. The molecule has 5 nitrogen and oxygen atoms in total. The molecular weight excluding hydrogens is 304 g/mol. The number of halogens is 2. The van der Waals surface area contributed by atoms with Gasteiger partial charge in [0.1, 0.15) is 11.5 Å². The Bertz CT molecular complexity index is 686. The Balaban J connectivity index is 2.02. The maximum atomic E-state index is 13.7. The number of carbonyl (C=O) groups is 1. The van der Waals surface area contributed by atoms with Gasteiger partial charge in [-0.2, -0.15) is 5.10 Å². The molecule has 7 heteroatoms. The summed E-state index contributed by atoms with van der Waals surface area (Å²) >= 11 is 0. The van der Waals surface area contributed by atoms with Gasteiger partial charge in [-0.1, -0.05) is 13.8 Å². The van der Waals surface area contributed by atoms with Crippen molar-refractivity contribution in [1.29, 1.82) is 0 Å². The van der Waals surface area contributed by atoms with E-state index < -0.39 is 23.6 Å². The third-order valence-electron chi connectivity index (χ3n) is 3.24. The zero-order chi connectivity index (χ0) is 17.0. The number of benzene rings is 1. The Morgan fingerprint density at radius 3 is 2.78 bits per heavy atom. The summed E-state index contributed by atoms with van der Waals surface area (Å²) in [5, 5.41) is 16.2. The molecule has 1 aromatic carbocycles. The van der Waals surface area contributed by atoms with Gasteiger partial charge in [0.25, 0.3) is 5.91 Å². The Morgan fingerprint density at radius 1 is 1.39 bits per heavy atom. The molecule has 2 rings (SSSR count). The van der Waals surface area contributed by atoms with Crippen molar-refractivity contribution in [1.82, 2.24) is 15.1 Å². The predicted molar refractivity (Wildman–Crippen MR) is 81.3 cm³/mol. The molecule has 0 spiro atoms. The standard InChI is InChI=1S/C16H19F2N3O2/c1-10(2)5-13(22)8-19-16(23)11-7-20-21(9-11)15-4-3-12(17)6-14(15)18/h3-4,6-7,9-10,13,22H,5,8H2,1-2H3,(H,19,23). The van der Waals surface area contributed by atoms with E-state index >= 15 is 0 Å². The van der Waals surface area contributed by atoms with Crippen molar-refractivity contribution in [3.8, 4) is 5.69 Å². The normalized spacial score (nSPS) is 12.4. The molecule has 0 aliphatic rings. The molecule has 1 heterocycles. The predicted octanol–water partition coefficient (Wildman–Crippen LogP) is 2.29. The van der Waals surface area contributed by atoms with E-state index in [-0.39, 0.29) is 17.8 Å². The molecule has 0 aliphatic carbocycles. The number of aliphatic hydroxyl groups excluding tert-OH is 1. The van der Waals surface area contributed by atoms with Crippen molar-refractivity contribution in [3.05, 3.63) is 47.8 Å². The largest absolute Gasteiger partial charge is 0.391 e. The third kappa shape index (κ3) is 4.59. The number of rotatable bonds is 6. The van der Waals surface area contributed by atoms with E-state index in [0.29, 0.717) is 12.3 Å². The molecule has 0 fully saturated rings. The maximum Gasteiger partial charge on any atom is 0.254 e. The fourth-order valence-corrected chi connectivity index (χ4v) is 2.18. The Hall–Kier alpha value is -2.28. The van der Waals surface area contributed by atoms with Crippen LogP contribution < -0.4 is 5.32 Å². The minimum atomic E-state index is -0.771. The minimum Gasteiger partial charge on any atom is -0.391 e. The second kappa shape index (κ2) is 7.32. The first kappa shape index (κ1) is 17.1. The number of hydrogen-bond donors (Lipinski definition) is 2. The van der Waals surface area contributed by atoms with E-state index in [4.69, 9.17) is 0 Å². The van der Waals surface area contributed by atoms with E-state index in [1.807, 2.05) is 13.8 Å². The maximum absolute atomic E-state index is 13.7. The van der Waals surface area contributed by atoms with Crippen LogP contribution in [0.4, 0.5) is 8.78 Å². The number of carbonyl (C=O) groups excluding carboxylic acids is 1. The van der Waals surface area contributed by atoms with Crippen molar-refractivity contribution in [2.24, 2.45) is 5.92 Å². The van der Waals surface area contributed by atoms with Crippen LogP contribution in [0.5, 0.6) is 0 Å². The lowest BCUT2D eigenvalue weighted by atomic mass is 10.1. The van der Waals surface area contributed by atoms with Gasteiger partial charge in [-0.3, -0.25) is 4.79 Å². The highest BCUT2D eigenvalue weighted by atomic mass is 19.1. The lowest BCUT2D eigenvalue weighted by Gasteiger charge is -2.13. The number of hydrogen-bond acceptors (Lipinski definition) is 3. The molecule has 1 amide bonds. The first-order chi connectivity index (χ1) is 10.9. The smallest absolute Gasteiger partial charge is 0.254 e. The first-order valence-electron chi connectivity index (χ1n) is 7.33. The molecule has 0 aliphatic heterocycles. The first-order valence-corrected chi connectivity index (χ1v) is 7.33.